The molecule has 7 heteroatoms. The summed E-state index contributed by atoms with van der Waals surface area (Å²) in [6, 6.07) is 0. The number of hydrogen-bond acceptors (Lipinski definition) is 4. The van der Waals surface area contributed by atoms with E-state index in [4.69, 9.17) is 27.4 Å². The first-order chi connectivity index (χ1) is 7.35. The van der Waals surface area contributed by atoms with Crippen molar-refractivity contribution < 1.29 is 12.6 Å². The van der Waals surface area contributed by atoms with Crippen molar-refractivity contribution in [1.82, 2.24) is 4.98 Å². The lowest BCUT2D eigenvalue weighted by Gasteiger charge is -2.16. The van der Waals surface area contributed by atoms with Crippen LogP contribution in [0.15, 0.2) is 12.4 Å². The maximum atomic E-state index is 11.1. The van der Waals surface area contributed by atoms with Crippen LogP contribution in [0, 0.1) is 0 Å². The Labute approximate surface area is 105 Å². The smallest absolute Gasteiger partial charge is 0.262 e. The average Bonchev–Trinajstić information content (AvgIpc) is 2.14. The quantitative estimate of drug-likeness (QED) is 0.798. The van der Waals surface area contributed by atoms with Gasteiger partial charge in [-0.05, 0) is 6.42 Å². The van der Waals surface area contributed by atoms with Gasteiger partial charge in [0, 0.05) is 18.0 Å². The number of rotatable bonds is 4. The fourth-order valence-corrected chi connectivity index (χ4v) is 2.52. The van der Waals surface area contributed by atoms with Crippen LogP contribution in [0.5, 0.6) is 0 Å². The normalized spacial score (nSPS) is 13.8. The molecule has 1 aromatic heterocycles. The van der Waals surface area contributed by atoms with Gasteiger partial charge in [0.25, 0.3) is 10.1 Å². The largest absolute Gasteiger partial charge is 0.264 e. The molecule has 1 unspecified atom stereocenters. The van der Waals surface area contributed by atoms with Crippen LogP contribution in [0.25, 0.3) is 0 Å². The number of pyridine rings is 1. The summed E-state index contributed by atoms with van der Waals surface area (Å²) in [5.41, 5.74) is 0.450. The Hall–Kier alpha value is -0.360. The van der Waals surface area contributed by atoms with Gasteiger partial charge < -0.3 is 0 Å². The number of nitrogens with zero attached hydrogens (tertiary/aromatic N) is 1. The van der Waals surface area contributed by atoms with Gasteiger partial charge in [-0.2, -0.15) is 8.42 Å². The zero-order valence-electron chi connectivity index (χ0n) is 8.78. The molecule has 0 radical (unpaired) electrons. The van der Waals surface area contributed by atoms with E-state index in [-0.39, 0.29) is 0 Å². The third-order valence-electron chi connectivity index (χ3n) is 1.87. The highest BCUT2D eigenvalue weighted by molar-refractivity contribution is 7.86. The lowest BCUT2D eigenvalue weighted by molar-refractivity contribution is 0.211. The van der Waals surface area contributed by atoms with Crippen LogP contribution in [0.4, 0.5) is 0 Å². The van der Waals surface area contributed by atoms with Gasteiger partial charge >= 0.3 is 0 Å². The number of halogens is 2. The summed E-state index contributed by atoms with van der Waals surface area (Å²) in [4.78, 5) is 3.79. The SMILES string of the molecule is CCC(OS(C)(=O)=O)c1c(Cl)cncc1Cl. The molecule has 1 heterocycles. The van der Waals surface area contributed by atoms with Gasteiger partial charge in [0.2, 0.25) is 0 Å². The lowest BCUT2D eigenvalue weighted by Crippen LogP contribution is -2.11. The zero-order valence-corrected chi connectivity index (χ0v) is 11.1. The van der Waals surface area contributed by atoms with Crippen LogP contribution in [0.1, 0.15) is 25.0 Å². The second kappa shape index (κ2) is 5.31. The van der Waals surface area contributed by atoms with Gasteiger partial charge in [0.15, 0.2) is 0 Å². The van der Waals surface area contributed by atoms with Crippen LogP contribution < -0.4 is 0 Å². The molecule has 0 bridgehead atoms. The summed E-state index contributed by atoms with van der Waals surface area (Å²) in [6.07, 6.45) is 3.54. The van der Waals surface area contributed by atoms with E-state index in [1.807, 2.05) is 0 Å². The van der Waals surface area contributed by atoms with E-state index in [9.17, 15) is 8.42 Å². The molecule has 0 saturated carbocycles. The van der Waals surface area contributed by atoms with Crippen molar-refractivity contribution >= 4 is 33.3 Å². The molecule has 4 nitrogen and oxygen atoms in total. The molecule has 0 aliphatic carbocycles. The average molecular weight is 284 g/mol. The molecule has 0 fully saturated rings. The van der Waals surface area contributed by atoms with Crippen molar-refractivity contribution in [2.75, 3.05) is 6.26 Å². The van der Waals surface area contributed by atoms with Crippen LogP contribution in [0.2, 0.25) is 10.0 Å². The molecular weight excluding hydrogens is 273 g/mol. The molecule has 0 N–H and O–H groups in total. The second-order valence-corrected chi connectivity index (χ2v) is 5.63. The summed E-state index contributed by atoms with van der Waals surface area (Å²) in [5, 5.41) is 0.589. The van der Waals surface area contributed by atoms with Crippen molar-refractivity contribution in [3.8, 4) is 0 Å². The molecule has 1 aromatic rings. The molecule has 90 valence electrons. The molecule has 0 aliphatic rings. The first-order valence-electron chi connectivity index (χ1n) is 4.52. The summed E-state index contributed by atoms with van der Waals surface area (Å²) in [6.45, 7) is 1.78. The van der Waals surface area contributed by atoms with Crippen molar-refractivity contribution in [3.63, 3.8) is 0 Å². The third kappa shape index (κ3) is 3.59. The Bertz CT molecular complexity index is 455. The summed E-state index contributed by atoms with van der Waals surface area (Å²) >= 11 is 11.8. The molecule has 0 aromatic carbocycles. The monoisotopic (exact) mass is 283 g/mol. The van der Waals surface area contributed by atoms with E-state index in [1.54, 1.807) is 6.92 Å². The minimum absolute atomic E-state index is 0.294. The molecule has 0 amide bonds. The van der Waals surface area contributed by atoms with Crippen LogP contribution in [-0.4, -0.2) is 19.7 Å². The van der Waals surface area contributed by atoms with Crippen LogP contribution in [0.3, 0.4) is 0 Å². The Morgan fingerprint density at radius 2 is 1.88 bits per heavy atom. The Kier molecular flexibility index (Phi) is 4.55. The van der Waals surface area contributed by atoms with Gasteiger partial charge in [-0.15, -0.1) is 0 Å². The van der Waals surface area contributed by atoms with Gasteiger partial charge in [-0.25, -0.2) is 0 Å². The zero-order chi connectivity index (χ0) is 12.3. The van der Waals surface area contributed by atoms with Crippen molar-refractivity contribution in [2.45, 2.75) is 19.4 Å². The standard InChI is InChI=1S/C9H11Cl2NO3S/c1-3-8(15-16(2,13)14)9-6(10)4-12-5-7(9)11/h4-5,8H,3H2,1-2H3. The van der Waals surface area contributed by atoms with E-state index < -0.39 is 16.2 Å². The van der Waals surface area contributed by atoms with Gasteiger partial charge in [-0.1, -0.05) is 30.1 Å². The van der Waals surface area contributed by atoms with Crippen molar-refractivity contribution in [2.24, 2.45) is 0 Å². The Morgan fingerprint density at radius 3 is 2.25 bits per heavy atom. The van der Waals surface area contributed by atoms with Gasteiger partial charge in [0.05, 0.1) is 16.3 Å². The van der Waals surface area contributed by atoms with Gasteiger partial charge in [0.1, 0.15) is 6.10 Å². The molecular formula is C9H11Cl2NO3S. The second-order valence-electron chi connectivity index (χ2n) is 3.21. The Morgan fingerprint density at radius 1 is 1.38 bits per heavy atom. The predicted molar refractivity (Wildman–Crippen MR) is 63.2 cm³/mol. The van der Waals surface area contributed by atoms with E-state index in [0.717, 1.165) is 6.26 Å². The minimum atomic E-state index is -3.55. The third-order valence-corrected chi connectivity index (χ3v) is 3.06. The summed E-state index contributed by atoms with van der Waals surface area (Å²) in [5.74, 6) is 0. The maximum Gasteiger partial charge on any atom is 0.264 e. The van der Waals surface area contributed by atoms with Crippen LogP contribution in [-0.2, 0) is 14.3 Å². The first kappa shape index (κ1) is 13.7. The minimum Gasteiger partial charge on any atom is -0.262 e. The van der Waals surface area contributed by atoms with E-state index in [2.05, 4.69) is 4.98 Å². The molecule has 0 spiro atoms. The highest BCUT2D eigenvalue weighted by atomic mass is 35.5. The van der Waals surface area contributed by atoms with Crippen molar-refractivity contribution in [1.29, 1.82) is 0 Å². The first-order valence-corrected chi connectivity index (χ1v) is 7.09. The molecule has 16 heavy (non-hydrogen) atoms. The van der Waals surface area contributed by atoms with E-state index in [1.165, 1.54) is 12.4 Å². The summed E-state index contributed by atoms with van der Waals surface area (Å²) < 4.78 is 27.1. The van der Waals surface area contributed by atoms with Crippen molar-refractivity contribution in [3.05, 3.63) is 28.0 Å². The predicted octanol–water partition coefficient (Wildman–Crippen LogP) is 2.82. The molecule has 0 aliphatic heterocycles. The fourth-order valence-electron chi connectivity index (χ4n) is 1.26. The fraction of sp³-hybridized carbons (Fsp3) is 0.444. The number of hydrogen-bond donors (Lipinski definition) is 0. The topological polar surface area (TPSA) is 56.3 Å². The molecule has 1 rings (SSSR count). The van der Waals surface area contributed by atoms with Crippen LogP contribution >= 0.6 is 23.2 Å². The summed E-state index contributed by atoms with van der Waals surface area (Å²) in [7, 11) is -3.55. The number of aromatic nitrogens is 1. The maximum absolute atomic E-state index is 11.1. The van der Waals surface area contributed by atoms with Gasteiger partial charge in [-0.3, -0.25) is 9.17 Å². The lowest BCUT2D eigenvalue weighted by atomic mass is 10.1. The highest BCUT2D eigenvalue weighted by Crippen LogP contribution is 2.34. The Balaban J connectivity index is 3.14. The molecule has 1 atom stereocenters. The highest BCUT2D eigenvalue weighted by Gasteiger charge is 2.21. The van der Waals surface area contributed by atoms with E-state index >= 15 is 0 Å². The van der Waals surface area contributed by atoms with E-state index in [0.29, 0.717) is 22.0 Å². The molecule has 0 saturated heterocycles.